The Balaban J connectivity index is 2.77. The van der Waals surface area contributed by atoms with Crippen LogP contribution in [-0.4, -0.2) is 0 Å². The fourth-order valence-electron chi connectivity index (χ4n) is 2.39. The Hall–Kier alpha value is -1.56. The molecule has 0 N–H and O–H groups in total. The molecule has 0 aromatic rings. The molecule has 0 aliphatic heterocycles. The van der Waals surface area contributed by atoms with Crippen LogP contribution in [0.4, 0.5) is 0 Å². The van der Waals surface area contributed by atoms with E-state index in [2.05, 4.69) is 96.2 Å². The number of hydrogen-bond acceptors (Lipinski definition) is 0. The zero-order chi connectivity index (χ0) is 15.2. The summed E-state index contributed by atoms with van der Waals surface area (Å²) in [5.41, 5.74) is 4.20. The lowest BCUT2D eigenvalue weighted by atomic mass is 9.72. The maximum absolute atomic E-state index is 2.33. The van der Waals surface area contributed by atoms with E-state index < -0.39 is 0 Å². The minimum absolute atomic E-state index is 0.201. The largest absolute Gasteiger partial charge is 0.0847 e. The summed E-state index contributed by atoms with van der Waals surface area (Å²) in [6.45, 7) is 13.1. The highest BCUT2D eigenvalue weighted by molar-refractivity contribution is 5.32. The summed E-state index contributed by atoms with van der Waals surface area (Å²) in [4.78, 5) is 0. The highest BCUT2D eigenvalue weighted by Gasteiger charge is 2.27. The molecule has 1 atom stereocenters. The molecule has 0 saturated heterocycles. The van der Waals surface area contributed by atoms with E-state index in [-0.39, 0.29) is 5.41 Å². The van der Waals surface area contributed by atoms with E-state index in [0.717, 1.165) is 0 Å². The quantitative estimate of drug-likeness (QED) is 0.535. The van der Waals surface area contributed by atoms with Crippen molar-refractivity contribution in [1.82, 2.24) is 0 Å². The average molecular weight is 268 g/mol. The van der Waals surface area contributed by atoms with Gasteiger partial charge in [-0.3, -0.25) is 0 Å². The van der Waals surface area contributed by atoms with E-state index in [1.54, 1.807) is 0 Å². The van der Waals surface area contributed by atoms with Crippen LogP contribution in [0.3, 0.4) is 0 Å². The molecular formula is C20H28. The van der Waals surface area contributed by atoms with E-state index in [0.29, 0.717) is 5.92 Å². The van der Waals surface area contributed by atoms with Gasteiger partial charge in [-0.25, -0.2) is 0 Å². The van der Waals surface area contributed by atoms with Crippen molar-refractivity contribution in [2.45, 2.75) is 41.5 Å². The Morgan fingerprint density at radius 1 is 1.15 bits per heavy atom. The SMILES string of the molecule is C/C=C(C)/C=C/C=C(C)/C=C/C1C(C)=CC=CC1(C)C. The van der Waals surface area contributed by atoms with Crippen LogP contribution in [0, 0.1) is 11.3 Å². The van der Waals surface area contributed by atoms with Gasteiger partial charge in [0.25, 0.3) is 0 Å². The Morgan fingerprint density at radius 2 is 1.85 bits per heavy atom. The Kier molecular flexibility index (Phi) is 6.01. The molecule has 20 heavy (non-hydrogen) atoms. The Bertz CT molecular complexity index is 502. The topological polar surface area (TPSA) is 0 Å². The lowest BCUT2D eigenvalue weighted by Gasteiger charge is -2.32. The maximum Gasteiger partial charge on any atom is 0.00662 e. The van der Waals surface area contributed by atoms with Gasteiger partial charge in [-0.1, -0.05) is 85.3 Å². The molecule has 0 fully saturated rings. The Labute approximate surface area is 125 Å². The highest BCUT2D eigenvalue weighted by atomic mass is 14.3. The van der Waals surface area contributed by atoms with E-state index in [1.165, 1.54) is 16.7 Å². The van der Waals surface area contributed by atoms with Gasteiger partial charge in [0.05, 0.1) is 0 Å². The maximum atomic E-state index is 2.33. The molecular weight excluding hydrogens is 240 g/mol. The molecule has 0 aromatic carbocycles. The molecule has 0 heterocycles. The zero-order valence-electron chi connectivity index (χ0n) is 13.8. The second kappa shape index (κ2) is 7.28. The predicted octanol–water partition coefficient (Wildman–Crippen LogP) is 6.17. The van der Waals surface area contributed by atoms with Crippen molar-refractivity contribution < 1.29 is 0 Å². The third-order valence-corrected chi connectivity index (χ3v) is 3.90. The fraction of sp³-hybridized carbons (Fsp3) is 0.400. The van der Waals surface area contributed by atoms with Gasteiger partial charge in [0.2, 0.25) is 0 Å². The van der Waals surface area contributed by atoms with Crippen LogP contribution in [0.5, 0.6) is 0 Å². The summed E-state index contributed by atoms with van der Waals surface area (Å²) in [7, 11) is 0. The molecule has 0 spiro atoms. The van der Waals surface area contributed by atoms with E-state index >= 15 is 0 Å². The van der Waals surface area contributed by atoms with Gasteiger partial charge in [-0.05, 0) is 33.1 Å². The molecule has 0 aromatic heterocycles. The Morgan fingerprint density at radius 3 is 2.45 bits per heavy atom. The second-order valence-corrected chi connectivity index (χ2v) is 6.23. The normalized spacial score (nSPS) is 23.7. The van der Waals surface area contributed by atoms with Gasteiger partial charge in [-0.2, -0.15) is 0 Å². The van der Waals surface area contributed by atoms with Crippen LogP contribution in [0.15, 0.2) is 71.4 Å². The summed E-state index contributed by atoms with van der Waals surface area (Å²) < 4.78 is 0. The van der Waals surface area contributed by atoms with E-state index in [9.17, 15) is 0 Å². The van der Waals surface area contributed by atoms with E-state index in [1.807, 2.05) is 0 Å². The van der Waals surface area contributed by atoms with Gasteiger partial charge in [0.15, 0.2) is 0 Å². The summed E-state index contributed by atoms with van der Waals surface area (Å²) in [6, 6.07) is 0. The monoisotopic (exact) mass is 268 g/mol. The van der Waals surface area contributed by atoms with Gasteiger partial charge >= 0.3 is 0 Å². The first-order valence-corrected chi connectivity index (χ1v) is 7.39. The summed E-state index contributed by atoms with van der Waals surface area (Å²) in [6.07, 6.45) is 19.8. The highest BCUT2D eigenvalue weighted by Crippen LogP contribution is 2.37. The second-order valence-electron chi connectivity index (χ2n) is 6.23. The van der Waals surface area contributed by atoms with Gasteiger partial charge < -0.3 is 0 Å². The molecule has 0 radical (unpaired) electrons. The average Bonchev–Trinajstić information content (AvgIpc) is 2.37. The van der Waals surface area contributed by atoms with Crippen LogP contribution < -0.4 is 0 Å². The fourth-order valence-corrected chi connectivity index (χ4v) is 2.39. The number of rotatable bonds is 4. The van der Waals surface area contributed by atoms with Crippen LogP contribution in [0.2, 0.25) is 0 Å². The van der Waals surface area contributed by atoms with Gasteiger partial charge in [0, 0.05) is 5.92 Å². The lowest BCUT2D eigenvalue weighted by molar-refractivity contribution is 0.381. The van der Waals surface area contributed by atoms with Crippen LogP contribution in [0.1, 0.15) is 41.5 Å². The first kappa shape index (κ1) is 16.5. The first-order valence-electron chi connectivity index (χ1n) is 7.39. The molecule has 108 valence electrons. The zero-order valence-corrected chi connectivity index (χ0v) is 13.8. The predicted molar refractivity (Wildman–Crippen MR) is 91.6 cm³/mol. The van der Waals surface area contributed by atoms with Crippen LogP contribution in [0.25, 0.3) is 0 Å². The van der Waals surface area contributed by atoms with Crippen molar-refractivity contribution in [3.63, 3.8) is 0 Å². The van der Waals surface area contributed by atoms with Crippen LogP contribution in [-0.2, 0) is 0 Å². The summed E-state index contributed by atoms with van der Waals surface area (Å²) in [5, 5.41) is 0. The molecule has 0 nitrogen and oxygen atoms in total. The number of allylic oxidation sites excluding steroid dienone is 12. The standard InChI is InChI=1S/C20H28/c1-7-16(2)10-8-11-17(3)13-14-19-18(4)12-9-15-20(19,5)6/h7-15,19H,1-6H3/b10-8+,14-13+,16-7+,17-11+. The third-order valence-electron chi connectivity index (χ3n) is 3.90. The number of hydrogen-bond donors (Lipinski definition) is 0. The molecule has 1 aliphatic rings. The lowest BCUT2D eigenvalue weighted by Crippen LogP contribution is -2.23. The molecule has 0 saturated carbocycles. The minimum atomic E-state index is 0.201. The van der Waals surface area contributed by atoms with Crippen molar-refractivity contribution in [1.29, 1.82) is 0 Å². The smallest absolute Gasteiger partial charge is 0.00662 e. The van der Waals surface area contributed by atoms with Gasteiger partial charge in [0.1, 0.15) is 0 Å². The molecule has 0 bridgehead atoms. The van der Waals surface area contributed by atoms with Crippen molar-refractivity contribution in [3.8, 4) is 0 Å². The summed E-state index contributed by atoms with van der Waals surface area (Å²) >= 11 is 0. The molecule has 0 amide bonds. The molecule has 1 aliphatic carbocycles. The van der Waals surface area contributed by atoms with Crippen molar-refractivity contribution >= 4 is 0 Å². The molecule has 0 heteroatoms. The third kappa shape index (κ3) is 4.85. The van der Waals surface area contributed by atoms with E-state index in [4.69, 9.17) is 0 Å². The molecule has 1 unspecified atom stereocenters. The van der Waals surface area contributed by atoms with Crippen LogP contribution >= 0.6 is 0 Å². The summed E-state index contributed by atoms with van der Waals surface area (Å²) in [5.74, 6) is 0.483. The van der Waals surface area contributed by atoms with Gasteiger partial charge in [-0.15, -0.1) is 0 Å². The van der Waals surface area contributed by atoms with Crippen molar-refractivity contribution in [2.24, 2.45) is 11.3 Å². The minimum Gasteiger partial charge on any atom is -0.0847 e. The first-order chi connectivity index (χ1) is 9.36. The molecule has 1 rings (SSSR count). The van der Waals surface area contributed by atoms with Crippen molar-refractivity contribution in [3.05, 3.63) is 71.4 Å². The van der Waals surface area contributed by atoms with Crippen molar-refractivity contribution in [2.75, 3.05) is 0 Å².